The largest absolute Gasteiger partial charge is 0.352 e. The van der Waals surface area contributed by atoms with Crippen molar-refractivity contribution >= 4 is 17.5 Å². The smallest absolute Gasteiger partial charge is 0.251 e. The van der Waals surface area contributed by atoms with Crippen LogP contribution in [-0.2, 0) is 11.3 Å². The molecule has 0 aliphatic rings. The summed E-state index contributed by atoms with van der Waals surface area (Å²) in [5, 5.41) is 5.73. The maximum atomic E-state index is 12.0. The summed E-state index contributed by atoms with van der Waals surface area (Å²) in [5.74, 6) is 1.23. The number of nitrogens with one attached hydrogen (secondary N) is 2. The Morgan fingerprint density at radius 3 is 2.52 bits per heavy atom. The molecule has 2 amide bonds. The summed E-state index contributed by atoms with van der Waals surface area (Å²) < 4.78 is 2.03. The molecule has 1 aromatic carbocycles. The minimum Gasteiger partial charge on any atom is -0.352 e. The van der Waals surface area contributed by atoms with Crippen LogP contribution in [0.3, 0.4) is 0 Å². The lowest BCUT2D eigenvalue weighted by Gasteiger charge is -2.09. The third-order valence-electron chi connectivity index (χ3n) is 3.83. The van der Waals surface area contributed by atoms with Crippen LogP contribution in [0.2, 0.25) is 0 Å². The van der Waals surface area contributed by atoms with Gasteiger partial charge in [0.1, 0.15) is 5.82 Å². The van der Waals surface area contributed by atoms with Crippen LogP contribution < -0.4 is 10.6 Å². The molecule has 0 aliphatic heterocycles. The molecule has 0 aliphatic carbocycles. The molecule has 6 nitrogen and oxygen atoms in total. The van der Waals surface area contributed by atoms with Crippen LogP contribution in [0.25, 0.3) is 0 Å². The predicted octanol–water partition coefficient (Wildman–Crippen LogP) is 3.00. The first-order chi connectivity index (χ1) is 12.0. The van der Waals surface area contributed by atoms with Crippen LogP contribution >= 0.6 is 0 Å². The Morgan fingerprint density at radius 2 is 1.92 bits per heavy atom. The number of imidazole rings is 1. The first-order valence-corrected chi connectivity index (χ1v) is 8.61. The van der Waals surface area contributed by atoms with Crippen LogP contribution in [0, 0.1) is 12.8 Å². The molecule has 0 unspecified atom stereocenters. The molecule has 6 heteroatoms. The van der Waals surface area contributed by atoms with Crippen LogP contribution in [0.15, 0.2) is 36.7 Å². The second-order valence-electron chi connectivity index (χ2n) is 6.50. The van der Waals surface area contributed by atoms with Gasteiger partial charge in [0.25, 0.3) is 5.91 Å². The average Bonchev–Trinajstić information content (AvgIpc) is 2.98. The molecule has 1 heterocycles. The van der Waals surface area contributed by atoms with Gasteiger partial charge in [-0.1, -0.05) is 13.8 Å². The third-order valence-corrected chi connectivity index (χ3v) is 3.83. The van der Waals surface area contributed by atoms with Crippen LogP contribution in [0.4, 0.5) is 5.69 Å². The molecule has 25 heavy (non-hydrogen) atoms. The molecule has 0 radical (unpaired) electrons. The number of carbonyl (C=O) groups excluding carboxylic acids is 2. The molecular weight excluding hydrogens is 316 g/mol. The van der Waals surface area contributed by atoms with Crippen LogP contribution in [0.1, 0.15) is 42.9 Å². The Balaban J connectivity index is 1.77. The first-order valence-electron chi connectivity index (χ1n) is 8.61. The van der Waals surface area contributed by atoms with Crippen molar-refractivity contribution in [2.75, 3.05) is 11.9 Å². The number of aryl methyl sites for hydroxylation is 2. The number of nitrogens with zero attached hydrogens (tertiary/aromatic N) is 2. The van der Waals surface area contributed by atoms with E-state index in [-0.39, 0.29) is 11.8 Å². The topological polar surface area (TPSA) is 76.0 Å². The highest BCUT2D eigenvalue weighted by molar-refractivity contribution is 5.95. The molecule has 0 spiro atoms. The van der Waals surface area contributed by atoms with Gasteiger partial charge in [0, 0.05) is 43.2 Å². The van der Waals surface area contributed by atoms with E-state index in [1.54, 1.807) is 30.5 Å². The van der Waals surface area contributed by atoms with Crippen molar-refractivity contribution in [3.63, 3.8) is 0 Å². The number of aromatic nitrogens is 2. The molecule has 0 fully saturated rings. The van der Waals surface area contributed by atoms with Crippen molar-refractivity contribution in [2.45, 2.75) is 40.2 Å². The van der Waals surface area contributed by atoms with Crippen molar-refractivity contribution in [1.82, 2.24) is 14.9 Å². The van der Waals surface area contributed by atoms with E-state index in [4.69, 9.17) is 0 Å². The molecule has 0 atom stereocenters. The first kappa shape index (κ1) is 18.7. The fourth-order valence-electron chi connectivity index (χ4n) is 2.38. The Hall–Kier alpha value is -2.63. The van der Waals surface area contributed by atoms with Crippen molar-refractivity contribution in [2.24, 2.45) is 5.92 Å². The normalized spacial score (nSPS) is 10.7. The molecule has 0 saturated heterocycles. The zero-order valence-electron chi connectivity index (χ0n) is 15.1. The quantitative estimate of drug-likeness (QED) is 0.774. The molecular formula is C19H26N4O2. The van der Waals surface area contributed by atoms with Gasteiger partial charge in [0.05, 0.1) is 0 Å². The van der Waals surface area contributed by atoms with Gasteiger partial charge in [0.15, 0.2) is 0 Å². The van der Waals surface area contributed by atoms with E-state index in [1.165, 1.54) is 0 Å². The van der Waals surface area contributed by atoms with Gasteiger partial charge in [-0.15, -0.1) is 0 Å². The lowest BCUT2D eigenvalue weighted by atomic mass is 10.1. The van der Waals surface area contributed by atoms with Crippen LogP contribution in [-0.4, -0.2) is 27.9 Å². The summed E-state index contributed by atoms with van der Waals surface area (Å²) in [4.78, 5) is 28.1. The van der Waals surface area contributed by atoms with Crippen molar-refractivity contribution in [3.05, 3.63) is 48.0 Å². The molecule has 2 N–H and O–H groups in total. The second-order valence-corrected chi connectivity index (χ2v) is 6.50. The number of anilines is 1. The highest BCUT2D eigenvalue weighted by Gasteiger charge is 2.07. The molecule has 0 bridgehead atoms. The SMILES string of the molecule is Cc1nccn1CCCC(=O)Nc1ccc(C(=O)NCC(C)C)cc1. The Kier molecular flexibility index (Phi) is 6.74. The predicted molar refractivity (Wildman–Crippen MR) is 98.4 cm³/mol. The molecule has 2 rings (SSSR count). The summed E-state index contributed by atoms with van der Waals surface area (Å²) in [6, 6.07) is 6.95. The summed E-state index contributed by atoms with van der Waals surface area (Å²) in [6.45, 7) is 7.46. The van der Waals surface area contributed by atoms with Gasteiger partial charge >= 0.3 is 0 Å². The highest BCUT2D eigenvalue weighted by Crippen LogP contribution is 2.11. The standard InChI is InChI=1S/C19H26N4O2/c1-14(2)13-21-19(25)16-6-8-17(9-7-16)22-18(24)5-4-11-23-12-10-20-15(23)3/h6-10,12,14H,4-5,11,13H2,1-3H3,(H,21,25)(H,22,24). The highest BCUT2D eigenvalue weighted by atomic mass is 16.2. The Morgan fingerprint density at radius 1 is 1.20 bits per heavy atom. The third kappa shape index (κ3) is 6.06. The lowest BCUT2D eigenvalue weighted by Crippen LogP contribution is -2.27. The number of rotatable bonds is 8. The maximum Gasteiger partial charge on any atom is 0.251 e. The van der Waals surface area contributed by atoms with Gasteiger partial charge in [-0.05, 0) is 43.5 Å². The van der Waals surface area contributed by atoms with Gasteiger partial charge in [-0.2, -0.15) is 0 Å². The van der Waals surface area contributed by atoms with E-state index in [0.29, 0.717) is 30.1 Å². The number of hydrogen-bond acceptors (Lipinski definition) is 3. The zero-order valence-corrected chi connectivity index (χ0v) is 15.1. The van der Waals surface area contributed by atoms with E-state index in [2.05, 4.69) is 15.6 Å². The van der Waals surface area contributed by atoms with Crippen molar-refractivity contribution in [1.29, 1.82) is 0 Å². The number of amides is 2. The van der Waals surface area contributed by atoms with E-state index >= 15 is 0 Å². The van der Waals surface area contributed by atoms with Gasteiger partial charge in [0.2, 0.25) is 5.91 Å². The fraction of sp³-hybridized carbons (Fsp3) is 0.421. The summed E-state index contributed by atoms with van der Waals surface area (Å²) >= 11 is 0. The Bertz CT molecular complexity index is 704. The van der Waals surface area contributed by atoms with Gasteiger partial charge < -0.3 is 15.2 Å². The minimum atomic E-state index is -0.0951. The van der Waals surface area contributed by atoms with Crippen molar-refractivity contribution in [3.8, 4) is 0 Å². The second kappa shape index (κ2) is 9.01. The number of hydrogen-bond donors (Lipinski definition) is 2. The Labute approximate surface area is 148 Å². The molecule has 2 aromatic rings. The van der Waals surface area contributed by atoms with E-state index in [9.17, 15) is 9.59 Å². The molecule has 0 saturated carbocycles. The lowest BCUT2D eigenvalue weighted by molar-refractivity contribution is -0.116. The summed E-state index contributed by atoms with van der Waals surface area (Å²) in [5.41, 5.74) is 1.29. The number of carbonyl (C=O) groups is 2. The minimum absolute atomic E-state index is 0.0326. The number of benzene rings is 1. The van der Waals surface area contributed by atoms with E-state index in [1.807, 2.05) is 31.5 Å². The summed E-state index contributed by atoms with van der Waals surface area (Å²) in [7, 11) is 0. The van der Waals surface area contributed by atoms with Gasteiger partial charge in [-0.25, -0.2) is 4.98 Å². The fourth-order valence-corrected chi connectivity index (χ4v) is 2.38. The molecule has 134 valence electrons. The van der Waals surface area contributed by atoms with E-state index in [0.717, 1.165) is 18.8 Å². The summed E-state index contributed by atoms with van der Waals surface area (Å²) in [6.07, 6.45) is 4.86. The maximum absolute atomic E-state index is 12.0. The zero-order chi connectivity index (χ0) is 18.2. The van der Waals surface area contributed by atoms with Gasteiger partial charge in [-0.3, -0.25) is 9.59 Å². The average molecular weight is 342 g/mol. The van der Waals surface area contributed by atoms with Crippen LogP contribution in [0.5, 0.6) is 0 Å². The van der Waals surface area contributed by atoms with E-state index < -0.39 is 0 Å². The molecule has 1 aromatic heterocycles. The monoisotopic (exact) mass is 342 g/mol. The van der Waals surface area contributed by atoms with Crippen molar-refractivity contribution < 1.29 is 9.59 Å².